The van der Waals surface area contributed by atoms with Gasteiger partial charge in [0.2, 0.25) is 5.91 Å². The summed E-state index contributed by atoms with van der Waals surface area (Å²) in [4.78, 5) is 44.3. The SMILES string of the molecule is COC(=O)N[C@H](C(=O)N1C(c2ncc(-c3ccc(-c4ccc5cc(-c6cnc(C7C[C@@H]8C[C@@H]8C7)[nH]6)ccc5c4)cc3)[nH]2)C[C@H]2C[C@H]21)C(C)C. The van der Waals surface area contributed by atoms with Gasteiger partial charge >= 0.3 is 6.09 Å². The lowest BCUT2D eigenvalue weighted by molar-refractivity contribution is -0.136. The third kappa shape index (κ3) is 5.49. The summed E-state index contributed by atoms with van der Waals surface area (Å²) in [5.74, 6) is 4.77. The number of rotatable bonds is 8. The number of hydrogen-bond acceptors (Lipinski definition) is 5. The molecule has 3 heterocycles. The van der Waals surface area contributed by atoms with E-state index in [1.54, 1.807) is 0 Å². The van der Waals surface area contributed by atoms with E-state index in [1.165, 1.54) is 48.3 Å². The highest BCUT2D eigenvalue weighted by molar-refractivity contribution is 5.91. The van der Waals surface area contributed by atoms with Crippen LogP contribution in [0.25, 0.3) is 44.4 Å². The molecule has 250 valence electrons. The van der Waals surface area contributed by atoms with Crippen LogP contribution in [0.3, 0.4) is 0 Å². The van der Waals surface area contributed by atoms with Crippen LogP contribution in [0, 0.1) is 23.7 Å². The van der Waals surface area contributed by atoms with Gasteiger partial charge in [-0.1, -0.05) is 62.4 Å². The number of nitrogens with one attached hydrogen (secondary N) is 3. The molecule has 3 saturated carbocycles. The van der Waals surface area contributed by atoms with Gasteiger partial charge in [0.1, 0.15) is 17.7 Å². The number of alkyl carbamates (subject to hydrolysis) is 1. The number of carbonyl (C=O) groups is 2. The number of amides is 2. The molecule has 3 aromatic carbocycles. The molecule has 49 heavy (non-hydrogen) atoms. The molecule has 2 unspecified atom stereocenters. The van der Waals surface area contributed by atoms with E-state index in [0.717, 1.165) is 58.8 Å². The Bertz CT molecular complexity index is 2050. The minimum absolute atomic E-state index is 0.0716. The van der Waals surface area contributed by atoms with Gasteiger partial charge in [-0.2, -0.15) is 0 Å². The van der Waals surface area contributed by atoms with Crippen LogP contribution in [-0.2, 0) is 9.53 Å². The molecular weight excluding hydrogens is 612 g/mol. The van der Waals surface area contributed by atoms with Crippen LogP contribution < -0.4 is 5.32 Å². The van der Waals surface area contributed by atoms with Crippen molar-refractivity contribution in [3.63, 3.8) is 0 Å². The normalized spacial score (nSPS) is 25.7. The first kappa shape index (κ1) is 30.2. The molecule has 0 bridgehead atoms. The standard InChI is InChI=1S/C40H42N6O3/c1-21(2)36(45-40(48)49-3)39(47)46-34-17-30(34)18-35(46)38-42-19-32(44-38)23-6-4-22(5-7-23)24-8-9-26-13-27(11-10-25(26)12-24)33-20-41-37(43-33)31-15-28-14-29(28)16-31/h4-13,19-21,28-31,34-36H,14-18H2,1-3H3,(H,41,43)(H,42,44)(H,45,48)/t28-,29+,30-,31?,34-,35?,36+/m1/s1. The van der Waals surface area contributed by atoms with E-state index in [2.05, 4.69) is 75.9 Å². The summed E-state index contributed by atoms with van der Waals surface area (Å²) in [7, 11) is 1.32. The number of methoxy groups -OCH3 is 1. The van der Waals surface area contributed by atoms with Crippen molar-refractivity contribution in [3.8, 4) is 33.6 Å². The van der Waals surface area contributed by atoms with E-state index in [1.807, 2.05) is 31.1 Å². The van der Waals surface area contributed by atoms with E-state index < -0.39 is 12.1 Å². The number of ether oxygens (including phenoxy) is 1. The minimum atomic E-state index is -0.649. The van der Waals surface area contributed by atoms with E-state index in [-0.39, 0.29) is 23.9 Å². The van der Waals surface area contributed by atoms with Gasteiger partial charge in [0.15, 0.2) is 0 Å². The van der Waals surface area contributed by atoms with Crippen LogP contribution in [0.2, 0.25) is 0 Å². The number of imidazole rings is 2. The van der Waals surface area contributed by atoms with E-state index in [9.17, 15) is 9.59 Å². The summed E-state index contributed by atoms with van der Waals surface area (Å²) in [6.07, 6.45) is 9.15. The molecule has 9 rings (SSSR count). The zero-order valence-electron chi connectivity index (χ0n) is 28.1. The van der Waals surface area contributed by atoms with E-state index in [4.69, 9.17) is 14.7 Å². The first-order valence-corrected chi connectivity index (χ1v) is 17.7. The molecule has 9 heteroatoms. The summed E-state index contributed by atoms with van der Waals surface area (Å²) < 4.78 is 4.79. The molecular formula is C40H42N6O3. The predicted molar refractivity (Wildman–Crippen MR) is 188 cm³/mol. The molecule has 0 spiro atoms. The van der Waals surface area contributed by atoms with Gasteiger partial charge in [0, 0.05) is 17.5 Å². The van der Waals surface area contributed by atoms with Crippen molar-refractivity contribution in [2.24, 2.45) is 23.7 Å². The lowest BCUT2D eigenvalue weighted by Gasteiger charge is -2.31. The Hall–Kier alpha value is -4.92. The number of nitrogens with zero attached hydrogens (tertiary/aromatic N) is 3. The number of H-pyrrole nitrogens is 2. The summed E-state index contributed by atoms with van der Waals surface area (Å²) in [6.45, 7) is 3.87. The van der Waals surface area contributed by atoms with Crippen LogP contribution in [-0.4, -0.2) is 56.0 Å². The highest BCUT2D eigenvalue weighted by Gasteiger charge is 2.56. The van der Waals surface area contributed by atoms with Crippen molar-refractivity contribution >= 4 is 22.8 Å². The zero-order valence-corrected chi connectivity index (χ0v) is 28.1. The van der Waals surface area contributed by atoms with Crippen molar-refractivity contribution in [1.82, 2.24) is 30.2 Å². The number of aromatic amines is 2. The van der Waals surface area contributed by atoms with E-state index >= 15 is 0 Å². The molecule has 1 saturated heterocycles. The molecule has 2 aromatic heterocycles. The predicted octanol–water partition coefficient (Wildman–Crippen LogP) is 7.84. The van der Waals surface area contributed by atoms with Crippen molar-refractivity contribution < 1.29 is 14.3 Å². The van der Waals surface area contributed by atoms with Gasteiger partial charge < -0.3 is 24.9 Å². The highest BCUT2D eigenvalue weighted by Crippen LogP contribution is 2.57. The fourth-order valence-corrected chi connectivity index (χ4v) is 8.59. The summed E-state index contributed by atoms with van der Waals surface area (Å²) in [5.41, 5.74) is 6.53. The molecule has 3 aliphatic carbocycles. The van der Waals surface area contributed by atoms with Gasteiger partial charge in [-0.15, -0.1) is 0 Å². The Labute approximate surface area is 285 Å². The van der Waals surface area contributed by atoms with Crippen molar-refractivity contribution in [3.05, 3.63) is 84.7 Å². The molecule has 7 atom stereocenters. The van der Waals surface area contributed by atoms with Crippen molar-refractivity contribution in [2.45, 2.75) is 70.0 Å². The monoisotopic (exact) mass is 654 g/mol. The number of benzene rings is 3. The lowest BCUT2D eigenvalue weighted by atomic mass is 9.98. The van der Waals surface area contributed by atoms with Gasteiger partial charge in [0.25, 0.3) is 0 Å². The molecule has 2 amide bonds. The molecule has 1 aliphatic heterocycles. The van der Waals surface area contributed by atoms with Crippen LogP contribution in [0.1, 0.15) is 69.6 Å². The number of likely N-dealkylation sites (tertiary alicyclic amines) is 1. The Morgan fingerprint density at radius 1 is 0.755 bits per heavy atom. The number of carbonyl (C=O) groups excluding carboxylic acids is 2. The third-order valence-electron chi connectivity index (χ3n) is 11.6. The van der Waals surface area contributed by atoms with Crippen LogP contribution >= 0.6 is 0 Å². The first-order valence-electron chi connectivity index (χ1n) is 17.7. The largest absolute Gasteiger partial charge is 0.453 e. The molecule has 3 N–H and O–H groups in total. The zero-order chi connectivity index (χ0) is 33.4. The lowest BCUT2D eigenvalue weighted by Crippen LogP contribution is -2.52. The molecule has 4 aliphatic rings. The van der Waals surface area contributed by atoms with Crippen LogP contribution in [0.4, 0.5) is 4.79 Å². The number of fused-ring (bicyclic) bond motifs is 3. The maximum atomic E-state index is 13.7. The van der Waals surface area contributed by atoms with Crippen molar-refractivity contribution in [1.29, 1.82) is 0 Å². The summed E-state index contributed by atoms with van der Waals surface area (Å²) in [6, 6.07) is 21.2. The van der Waals surface area contributed by atoms with Crippen LogP contribution in [0.5, 0.6) is 0 Å². The molecule has 4 fully saturated rings. The number of aromatic nitrogens is 4. The fraction of sp³-hybridized carbons (Fsp3) is 0.400. The topological polar surface area (TPSA) is 116 Å². The second kappa shape index (κ2) is 11.6. The Morgan fingerprint density at radius 3 is 2.08 bits per heavy atom. The van der Waals surface area contributed by atoms with Crippen molar-refractivity contribution in [2.75, 3.05) is 7.11 Å². The maximum absolute atomic E-state index is 13.7. The van der Waals surface area contributed by atoms with E-state index in [0.29, 0.717) is 11.8 Å². The number of hydrogen-bond donors (Lipinski definition) is 3. The van der Waals surface area contributed by atoms with Gasteiger partial charge in [-0.25, -0.2) is 14.8 Å². The average molecular weight is 655 g/mol. The quantitative estimate of drug-likeness (QED) is 0.158. The highest BCUT2D eigenvalue weighted by atomic mass is 16.5. The van der Waals surface area contributed by atoms with Gasteiger partial charge in [-0.05, 0) is 95.4 Å². The van der Waals surface area contributed by atoms with Gasteiger partial charge in [0.05, 0.1) is 36.9 Å². The maximum Gasteiger partial charge on any atom is 0.407 e. The molecule has 5 aromatic rings. The summed E-state index contributed by atoms with van der Waals surface area (Å²) in [5, 5.41) is 5.16. The Kier molecular flexibility index (Phi) is 7.14. The second-order valence-corrected chi connectivity index (χ2v) is 15.1. The van der Waals surface area contributed by atoms with Crippen LogP contribution in [0.15, 0.2) is 73.1 Å². The summed E-state index contributed by atoms with van der Waals surface area (Å²) >= 11 is 0. The smallest absolute Gasteiger partial charge is 0.407 e. The fourth-order valence-electron chi connectivity index (χ4n) is 8.59. The van der Waals surface area contributed by atoms with Gasteiger partial charge in [-0.3, -0.25) is 4.79 Å². The Morgan fingerprint density at radius 2 is 1.37 bits per heavy atom. The Balaban J connectivity index is 0.899. The molecule has 9 nitrogen and oxygen atoms in total. The first-order chi connectivity index (χ1) is 23.8. The average Bonchev–Trinajstić information content (AvgIpc) is 3.68. The second-order valence-electron chi connectivity index (χ2n) is 15.1. The number of piperidine rings is 1. The third-order valence-corrected chi connectivity index (χ3v) is 11.6. The molecule has 0 radical (unpaired) electrons. The minimum Gasteiger partial charge on any atom is -0.453 e.